The Balaban J connectivity index is 1.31. The van der Waals surface area contributed by atoms with E-state index >= 15 is 0 Å². The summed E-state index contributed by atoms with van der Waals surface area (Å²) in [6.07, 6.45) is -1.20. The van der Waals surface area contributed by atoms with E-state index in [1.54, 1.807) is 19.9 Å². The van der Waals surface area contributed by atoms with E-state index in [-0.39, 0.29) is 5.97 Å². The highest BCUT2D eigenvalue weighted by Gasteiger charge is 2.24. The van der Waals surface area contributed by atoms with Crippen LogP contribution < -0.4 is 5.32 Å². The van der Waals surface area contributed by atoms with Crippen LogP contribution in [0, 0.1) is 6.92 Å². The molecule has 1 heterocycles. The van der Waals surface area contributed by atoms with E-state index in [2.05, 4.69) is 10.5 Å². The van der Waals surface area contributed by atoms with Gasteiger partial charge in [-0.1, -0.05) is 114 Å². The lowest BCUT2D eigenvalue weighted by atomic mass is 9.90. The molecule has 42 heavy (non-hydrogen) atoms. The number of nitrogens with zero attached hydrogens (tertiary/aromatic N) is 1. The third kappa shape index (κ3) is 6.21. The summed E-state index contributed by atoms with van der Waals surface area (Å²) in [7, 11) is 1.40. The molecule has 0 aliphatic heterocycles. The minimum absolute atomic E-state index is 0.313. The van der Waals surface area contributed by atoms with Crippen molar-refractivity contribution >= 4 is 29.4 Å². The molecule has 5 aromatic rings. The third-order valence-electron chi connectivity index (χ3n) is 7.01. The van der Waals surface area contributed by atoms with E-state index in [9.17, 15) is 9.59 Å². The fourth-order valence-electron chi connectivity index (χ4n) is 4.78. The van der Waals surface area contributed by atoms with Gasteiger partial charge in [-0.25, -0.2) is 4.79 Å². The molecule has 212 valence electrons. The summed E-state index contributed by atoms with van der Waals surface area (Å²) in [5.74, 6) is -0.402. The van der Waals surface area contributed by atoms with Crippen LogP contribution in [-0.2, 0) is 14.3 Å². The van der Waals surface area contributed by atoms with Gasteiger partial charge >= 0.3 is 12.1 Å². The SMILES string of the molecule is COC(=O)C(c1ccccc1)c1ccc(-c2ccc(-c3onc(C)c3NC(=O)OC(C)c3ccccc3Cl)cc2)cc1. The molecule has 0 spiro atoms. The Hall–Kier alpha value is -4.88. The van der Waals surface area contributed by atoms with Crippen molar-refractivity contribution in [3.63, 3.8) is 0 Å². The summed E-state index contributed by atoms with van der Waals surface area (Å²) in [5.41, 5.74) is 6.06. The number of nitrogens with one attached hydrogen (secondary N) is 1. The van der Waals surface area contributed by atoms with Crippen LogP contribution in [0.3, 0.4) is 0 Å². The molecule has 0 saturated carbocycles. The summed E-state index contributed by atoms with van der Waals surface area (Å²) in [6.45, 7) is 3.50. The second-order valence-corrected chi connectivity index (χ2v) is 10.1. The van der Waals surface area contributed by atoms with E-state index in [0.29, 0.717) is 27.7 Å². The van der Waals surface area contributed by atoms with E-state index in [4.69, 9.17) is 25.6 Å². The molecule has 0 saturated heterocycles. The Morgan fingerprint density at radius 1 is 0.810 bits per heavy atom. The van der Waals surface area contributed by atoms with Gasteiger partial charge in [0.1, 0.15) is 23.4 Å². The average molecular weight is 581 g/mol. The van der Waals surface area contributed by atoms with Gasteiger partial charge in [0.25, 0.3) is 0 Å². The number of esters is 1. The van der Waals surface area contributed by atoms with Crippen LogP contribution in [0.2, 0.25) is 5.02 Å². The van der Waals surface area contributed by atoms with E-state index in [1.807, 2.05) is 97.1 Å². The van der Waals surface area contributed by atoms with Gasteiger partial charge in [-0.2, -0.15) is 0 Å². The van der Waals surface area contributed by atoms with Crippen LogP contribution in [0.5, 0.6) is 0 Å². The number of amides is 1. The molecule has 0 bridgehead atoms. The molecule has 4 aromatic carbocycles. The first-order valence-electron chi connectivity index (χ1n) is 13.4. The van der Waals surface area contributed by atoms with Crippen molar-refractivity contribution in [1.82, 2.24) is 5.16 Å². The molecule has 0 radical (unpaired) electrons. The minimum Gasteiger partial charge on any atom is -0.468 e. The maximum Gasteiger partial charge on any atom is 0.412 e. The zero-order chi connectivity index (χ0) is 29.6. The van der Waals surface area contributed by atoms with Gasteiger partial charge < -0.3 is 14.0 Å². The summed E-state index contributed by atoms with van der Waals surface area (Å²) in [4.78, 5) is 25.3. The highest BCUT2D eigenvalue weighted by Crippen LogP contribution is 2.34. The van der Waals surface area contributed by atoms with Gasteiger partial charge in [0.15, 0.2) is 5.76 Å². The van der Waals surface area contributed by atoms with E-state index in [1.165, 1.54) is 7.11 Å². The largest absolute Gasteiger partial charge is 0.468 e. The molecule has 0 fully saturated rings. The fourth-order valence-corrected chi connectivity index (χ4v) is 5.07. The first-order valence-corrected chi connectivity index (χ1v) is 13.8. The van der Waals surface area contributed by atoms with Crippen LogP contribution in [0.4, 0.5) is 10.5 Å². The Morgan fingerprint density at radius 2 is 1.38 bits per heavy atom. The Morgan fingerprint density at radius 3 is 2.02 bits per heavy atom. The van der Waals surface area contributed by atoms with Crippen LogP contribution in [0.15, 0.2) is 108 Å². The molecular weight excluding hydrogens is 552 g/mol. The topological polar surface area (TPSA) is 90.7 Å². The normalized spacial score (nSPS) is 12.3. The first-order chi connectivity index (χ1) is 20.4. The van der Waals surface area contributed by atoms with Gasteiger partial charge in [-0.05, 0) is 42.2 Å². The van der Waals surface area contributed by atoms with Crippen LogP contribution >= 0.6 is 11.6 Å². The first kappa shape index (κ1) is 28.6. The van der Waals surface area contributed by atoms with E-state index in [0.717, 1.165) is 27.8 Å². The van der Waals surface area contributed by atoms with Gasteiger partial charge in [0.05, 0.1) is 7.11 Å². The number of hydrogen-bond acceptors (Lipinski definition) is 6. The fraction of sp³-hybridized carbons (Fsp3) is 0.147. The molecule has 5 rings (SSSR count). The maximum atomic E-state index is 12.7. The number of aryl methyl sites for hydroxylation is 1. The molecule has 0 aliphatic rings. The number of carbonyl (C=O) groups is 2. The number of hydrogen-bond donors (Lipinski definition) is 1. The van der Waals surface area contributed by atoms with Crippen molar-refractivity contribution in [2.45, 2.75) is 25.9 Å². The zero-order valence-corrected chi connectivity index (χ0v) is 24.1. The lowest BCUT2D eigenvalue weighted by molar-refractivity contribution is -0.141. The van der Waals surface area contributed by atoms with Crippen LogP contribution in [-0.4, -0.2) is 24.3 Å². The lowest BCUT2D eigenvalue weighted by Gasteiger charge is -2.16. The maximum absolute atomic E-state index is 12.7. The smallest absolute Gasteiger partial charge is 0.412 e. The molecule has 0 aliphatic carbocycles. The van der Waals surface area contributed by atoms with Crippen molar-refractivity contribution < 1.29 is 23.6 Å². The predicted molar refractivity (Wildman–Crippen MR) is 162 cm³/mol. The molecule has 2 unspecified atom stereocenters. The molecule has 8 heteroatoms. The molecule has 1 amide bonds. The summed E-state index contributed by atoms with van der Waals surface area (Å²) in [5, 5.41) is 7.34. The number of rotatable bonds is 8. The molecule has 2 atom stereocenters. The monoisotopic (exact) mass is 580 g/mol. The molecular formula is C34H29ClN2O5. The number of halogens is 1. The highest BCUT2D eigenvalue weighted by atomic mass is 35.5. The van der Waals surface area contributed by atoms with Crippen molar-refractivity contribution in [1.29, 1.82) is 0 Å². The highest BCUT2D eigenvalue weighted by molar-refractivity contribution is 6.31. The standard InChI is InChI=1S/C34H29ClN2O5/c1-21-31(36-34(39)41-22(2)28-11-7-8-12-29(28)35)32(42-37-21)27-19-15-24(16-20-27)23-13-17-26(18-14-23)30(33(38)40-3)25-9-5-4-6-10-25/h4-20,22,30H,1-3H3,(H,36,39). The van der Waals surface area contributed by atoms with Crippen molar-refractivity contribution in [3.05, 3.63) is 131 Å². The van der Waals surface area contributed by atoms with Crippen LogP contribution in [0.1, 0.15) is 41.3 Å². The zero-order valence-electron chi connectivity index (χ0n) is 23.3. The average Bonchev–Trinajstić information content (AvgIpc) is 3.37. The van der Waals surface area contributed by atoms with Gasteiger partial charge in [-0.15, -0.1) is 0 Å². The molecule has 7 nitrogen and oxygen atoms in total. The number of methoxy groups -OCH3 is 1. The Kier molecular flexibility index (Phi) is 8.69. The number of ether oxygens (including phenoxy) is 2. The predicted octanol–water partition coefficient (Wildman–Crippen LogP) is 8.59. The number of carbonyl (C=O) groups excluding carboxylic acids is 2. The van der Waals surface area contributed by atoms with Gasteiger partial charge in [0, 0.05) is 16.1 Å². The summed E-state index contributed by atoms with van der Waals surface area (Å²) in [6, 6.07) is 32.3. The second kappa shape index (κ2) is 12.7. The molecule has 1 aromatic heterocycles. The Bertz CT molecular complexity index is 1680. The van der Waals surface area contributed by atoms with E-state index < -0.39 is 18.1 Å². The van der Waals surface area contributed by atoms with Gasteiger partial charge in [-0.3, -0.25) is 10.1 Å². The number of aromatic nitrogens is 1. The molecule has 1 N–H and O–H groups in total. The number of anilines is 1. The van der Waals surface area contributed by atoms with Crippen molar-refractivity contribution in [3.8, 4) is 22.5 Å². The van der Waals surface area contributed by atoms with Crippen molar-refractivity contribution in [2.24, 2.45) is 0 Å². The second-order valence-electron chi connectivity index (χ2n) is 9.73. The quantitative estimate of drug-likeness (QED) is 0.185. The summed E-state index contributed by atoms with van der Waals surface area (Å²) < 4.78 is 16.2. The van der Waals surface area contributed by atoms with Crippen molar-refractivity contribution in [2.75, 3.05) is 12.4 Å². The lowest BCUT2D eigenvalue weighted by Crippen LogP contribution is -2.17. The summed E-state index contributed by atoms with van der Waals surface area (Å²) >= 11 is 6.24. The Labute approximate surface area is 249 Å². The minimum atomic E-state index is -0.646. The van der Waals surface area contributed by atoms with Gasteiger partial charge in [0.2, 0.25) is 0 Å². The number of benzene rings is 4. The third-order valence-corrected chi connectivity index (χ3v) is 7.36. The van der Waals surface area contributed by atoms with Crippen LogP contribution in [0.25, 0.3) is 22.5 Å².